The van der Waals surface area contributed by atoms with Gasteiger partial charge in [-0.25, -0.2) is 4.79 Å². The summed E-state index contributed by atoms with van der Waals surface area (Å²) in [5.41, 5.74) is -0.176. The summed E-state index contributed by atoms with van der Waals surface area (Å²) >= 11 is 0. The van der Waals surface area contributed by atoms with Crippen LogP contribution in [0.4, 0.5) is 4.79 Å². The summed E-state index contributed by atoms with van der Waals surface area (Å²) < 4.78 is 5.64. The lowest BCUT2D eigenvalue weighted by atomic mass is 9.56. The second-order valence-electron chi connectivity index (χ2n) is 7.02. The van der Waals surface area contributed by atoms with Crippen LogP contribution in [0.1, 0.15) is 34.1 Å². The van der Waals surface area contributed by atoms with Crippen molar-refractivity contribution in [3.63, 3.8) is 0 Å². The number of carbonyl (C=O) groups excluding carboxylic acids is 2. The number of carbonyl (C=O) groups is 2. The van der Waals surface area contributed by atoms with Gasteiger partial charge in [-0.1, -0.05) is 13.8 Å². The molecule has 24 heavy (non-hydrogen) atoms. The number of aliphatic imine (C=N–C) groups is 1. The van der Waals surface area contributed by atoms with E-state index in [-0.39, 0.29) is 42.1 Å². The molecule has 3 amide bonds. The normalized spacial score (nSPS) is 29.3. The predicted molar refractivity (Wildman–Crippen MR) is 91.8 cm³/mol. The Balaban J connectivity index is 1.92. The molecule has 8 heteroatoms. The lowest BCUT2D eigenvalue weighted by molar-refractivity contribution is -0.176. The molecule has 1 saturated carbocycles. The number of imide groups is 1. The van der Waals surface area contributed by atoms with Gasteiger partial charge in [0.2, 0.25) is 5.91 Å². The minimum atomic E-state index is -0.343. The van der Waals surface area contributed by atoms with Crippen molar-refractivity contribution >= 4 is 17.9 Å². The van der Waals surface area contributed by atoms with Crippen LogP contribution in [0.25, 0.3) is 0 Å². The van der Waals surface area contributed by atoms with E-state index in [4.69, 9.17) is 4.74 Å². The lowest BCUT2D eigenvalue weighted by Crippen LogP contribution is -2.69. The first-order valence-corrected chi connectivity index (χ1v) is 8.43. The summed E-state index contributed by atoms with van der Waals surface area (Å²) in [6.07, 6.45) is 0.897. The summed E-state index contributed by atoms with van der Waals surface area (Å²) in [6.45, 7) is 9.93. The number of urea groups is 1. The Bertz CT molecular complexity index is 518. The molecule has 8 nitrogen and oxygen atoms in total. The van der Waals surface area contributed by atoms with E-state index >= 15 is 0 Å². The molecule has 1 aliphatic heterocycles. The molecule has 0 radical (unpaired) electrons. The van der Waals surface area contributed by atoms with Gasteiger partial charge in [-0.3, -0.25) is 14.7 Å². The molecule has 0 aromatic heterocycles. The topological polar surface area (TPSA) is 95.1 Å². The molecule has 2 rings (SSSR count). The van der Waals surface area contributed by atoms with Crippen molar-refractivity contribution in [1.29, 1.82) is 0 Å². The molecule has 1 aliphatic carbocycles. The van der Waals surface area contributed by atoms with Gasteiger partial charge in [0.1, 0.15) is 0 Å². The highest BCUT2D eigenvalue weighted by atomic mass is 16.5. The molecule has 0 spiro atoms. The Morgan fingerprint density at radius 2 is 2.12 bits per heavy atom. The monoisotopic (exact) mass is 339 g/mol. The van der Waals surface area contributed by atoms with Crippen LogP contribution in [0.3, 0.4) is 0 Å². The molecule has 2 atom stereocenters. The average molecular weight is 339 g/mol. The summed E-state index contributed by atoms with van der Waals surface area (Å²) in [6, 6.07) is -0.0962. The van der Waals surface area contributed by atoms with Crippen LogP contribution >= 0.6 is 0 Å². The van der Waals surface area contributed by atoms with Crippen molar-refractivity contribution in [2.45, 2.75) is 45.8 Å². The van der Waals surface area contributed by atoms with E-state index in [1.165, 1.54) is 4.90 Å². The Morgan fingerprint density at radius 1 is 1.42 bits per heavy atom. The van der Waals surface area contributed by atoms with Gasteiger partial charge < -0.3 is 20.7 Å². The van der Waals surface area contributed by atoms with Crippen LogP contribution in [0.2, 0.25) is 0 Å². The number of ether oxygens (including phenoxy) is 1. The first-order valence-electron chi connectivity index (χ1n) is 8.43. The van der Waals surface area contributed by atoms with Crippen molar-refractivity contribution in [2.75, 3.05) is 33.3 Å². The first kappa shape index (κ1) is 18.5. The zero-order valence-electron chi connectivity index (χ0n) is 15.2. The Morgan fingerprint density at radius 3 is 2.62 bits per heavy atom. The number of nitrogens with one attached hydrogen (secondary N) is 3. The van der Waals surface area contributed by atoms with Crippen LogP contribution in [-0.4, -0.2) is 67.7 Å². The van der Waals surface area contributed by atoms with Gasteiger partial charge in [0, 0.05) is 25.1 Å². The Labute approximate surface area is 143 Å². The number of amides is 3. The fourth-order valence-electron chi connectivity index (χ4n) is 3.15. The predicted octanol–water partition coefficient (Wildman–Crippen LogP) is 0.297. The highest BCUT2D eigenvalue weighted by Crippen LogP contribution is 2.51. The highest BCUT2D eigenvalue weighted by molar-refractivity contribution is 6.01. The van der Waals surface area contributed by atoms with Crippen LogP contribution < -0.4 is 16.0 Å². The van der Waals surface area contributed by atoms with Gasteiger partial charge in [-0.2, -0.15) is 0 Å². The first-order chi connectivity index (χ1) is 11.2. The Hall–Kier alpha value is -1.83. The maximum absolute atomic E-state index is 11.6. The highest BCUT2D eigenvalue weighted by Gasteiger charge is 2.58. The molecule has 0 bridgehead atoms. The smallest absolute Gasteiger partial charge is 0.324 e. The van der Waals surface area contributed by atoms with Crippen LogP contribution in [-0.2, 0) is 9.53 Å². The summed E-state index contributed by atoms with van der Waals surface area (Å²) in [5.74, 6) is 0.491. The minimum absolute atomic E-state index is 0.0251. The van der Waals surface area contributed by atoms with Gasteiger partial charge in [0.15, 0.2) is 5.96 Å². The summed E-state index contributed by atoms with van der Waals surface area (Å²) in [4.78, 5) is 28.8. The van der Waals surface area contributed by atoms with Gasteiger partial charge >= 0.3 is 6.03 Å². The summed E-state index contributed by atoms with van der Waals surface area (Å²) in [7, 11) is 1.75. The third-order valence-electron chi connectivity index (χ3n) is 5.46. The molecule has 0 aromatic rings. The van der Waals surface area contributed by atoms with Crippen LogP contribution in [0.5, 0.6) is 0 Å². The van der Waals surface area contributed by atoms with Gasteiger partial charge in [-0.15, -0.1) is 0 Å². The standard InChI is InChI=1S/C16H29N5O3/c1-6-17-13(18-7-8-21-12(22)10-19-14(21)23)20-11-9-16(4,24-5)15(11,2)3/h11H,6-10H2,1-5H3,(H,19,23)(H2,17,18,20). The molecule has 2 fully saturated rings. The maximum Gasteiger partial charge on any atom is 0.324 e. The third-order valence-corrected chi connectivity index (χ3v) is 5.46. The average Bonchev–Trinajstić information content (AvgIpc) is 2.86. The number of guanidine groups is 1. The van der Waals surface area contributed by atoms with E-state index in [2.05, 4.69) is 41.7 Å². The van der Waals surface area contributed by atoms with E-state index in [1.54, 1.807) is 7.11 Å². The van der Waals surface area contributed by atoms with E-state index in [1.807, 2.05) is 6.92 Å². The molecule has 2 unspecified atom stereocenters. The largest absolute Gasteiger partial charge is 0.378 e. The zero-order valence-corrected chi connectivity index (χ0v) is 15.2. The molecule has 1 saturated heterocycles. The second kappa shape index (κ2) is 6.96. The van der Waals surface area contributed by atoms with Crippen molar-refractivity contribution < 1.29 is 14.3 Å². The number of methoxy groups -OCH3 is 1. The van der Waals surface area contributed by atoms with Crippen molar-refractivity contribution in [3.05, 3.63) is 0 Å². The van der Waals surface area contributed by atoms with Crippen molar-refractivity contribution in [3.8, 4) is 0 Å². The maximum atomic E-state index is 11.6. The molecule has 2 aliphatic rings. The SMILES string of the molecule is CCNC(=NCCN1C(=O)CNC1=O)NC1CC(C)(OC)C1(C)C. The van der Waals surface area contributed by atoms with Gasteiger partial charge in [-0.05, 0) is 20.3 Å². The van der Waals surface area contributed by atoms with E-state index < -0.39 is 0 Å². The number of hydrogen-bond donors (Lipinski definition) is 3. The molecular formula is C16H29N5O3. The second-order valence-corrected chi connectivity index (χ2v) is 7.02. The number of hydrogen-bond acceptors (Lipinski definition) is 4. The fourth-order valence-corrected chi connectivity index (χ4v) is 3.15. The van der Waals surface area contributed by atoms with Crippen molar-refractivity contribution in [2.24, 2.45) is 10.4 Å². The zero-order chi connectivity index (χ0) is 18.0. The number of nitrogens with zero attached hydrogens (tertiary/aromatic N) is 2. The van der Waals surface area contributed by atoms with E-state index in [9.17, 15) is 9.59 Å². The Kier molecular flexibility index (Phi) is 5.37. The molecule has 136 valence electrons. The van der Waals surface area contributed by atoms with Gasteiger partial charge in [0.25, 0.3) is 0 Å². The van der Waals surface area contributed by atoms with Crippen molar-refractivity contribution in [1.82, 2.24) is 20.9 Å². The van der Waals surface area contributed by atoms with Gasteiger partial charge in [0.05, 0.1) is 25.2 Å². The van der Waals surface area contributed by atoms with E-state index in [0.717, 1.165) is 13.0 Å². The quantitative estimate of drug-likeness (QED) is 0.367. The number of rotatable bonds is 6. The lowest BCUT2D eigenvalue weighted by Gasteiger charge is -2.59. The molecular weight excluding hydrogens is 310 g/mol. The van der Waals surface area contributed by atoms with Crippen LogP contribution in [0.15, 0.2) is 4.99 Å². The third kappa shape index (κ3) is 3.33. The molecule has 1 heterocycles. The summed E-state index contributed by atoms with van der Waals surface area (Å²) in [5, 5.41) is 9.15. The fraction of sp³-hybridized carbons (Fsp3) is 0.812. The van der Waals surface area contributed by atoms with E-state index in [0.29, 0.717) is 12.5 Å². The molecule has 0 aromatic carbocycles. The molecule has 3 N–H and O–H groups in total. The van der Waals surface area contributed by atoms with Crippen LogP contribution in [0, 0.1) is 5.41 Å². The minimum Gasteiger partial charge on any atom is -0.378 e.